The zero-order valence-electron chi connectivity index (χ0n) is 21.8. The van der Waals surface area contributed by atoms with E-state index in [0.29, 0.717) is 37.4 Å². The van der Waals surface area contributed by atoms with Gasteiger partial charge in [-0.15, -0.1) is 0 Å². The second-order valence-electron chi connectivity index (χ2n) is 9.94. The van der Waals surface area contributed by atoms with Gasteiger partial charge in [-0.2, -0.15) is 13.2 Å². The lowest BCUT2D eigenvalue weighted by molar-refractivity contribution is -0.142. The van der Waals surface area contributed by atoms with Crippen LogP contribution >= 0.6 is 0 Å². The molecule has 2 aliphatic heterocycles. The maximum atomic E-state index is 13.5. The molecule has 2 heterocycles. The molecule has 1 unspecified atom stereocenters. The number of amides is 1. The Labute approximate surface area is 229 Å². The lowest BCUT2D eigenvalue weighted by Crippen LogP contribution is -2.42. The van der Waals surface area contributed by atoms with Crippen molar-refractivity contribution in [3.63, 3.8) is 0 Å². The van der Waals surface area contributed by atoms with Gasteiger partial charge >= 0.3 is 6.18 Å². The maximum absolute atomic E-state index is 13.5. The molecule has 9 heteroatoms. The van der Waals surface area contributed by atoms with E-state index in [1.165, 1.54) is 17.0 Å². The van der Waals surface area contributed by atoms with Crippen LogP contribution in [0.25, 0.3) is 5.76 Å². The second kappa shape index (κ2) is 11.2. The standard InChI is InChI=1S/C31H28F3NO5/c1-19-7-12-25(40-18-20-5-3-2-4-6-20)24(17-19)28(36)26-27(21-8-10-22(11-9-21)31(32,33)34)35(30(38)29(26)37)23-13-15-39-16-14-23/h2-12,17,23,27,36H,13-16,18H2,1H3. The van der Waals surface area contributed by atoms with Crippen molar-refractivity contribution < 1.29 is 37.3 Å². The second-order valence-corrected chi connectivity index (χ2v) is 9.94. The van der Waals surface area contributed by atoms with E-state index in [1.807, 2.05) is 37.3 Å². The number of alkyl halides is 3. The van der Waals surface area contributed by atoms with E-state index in [2.05, 4.69) is 0 Å². The van der Waals surface area contributed by atoms with Crippen molar-refractivity contribution in [2.45, 2.75) is 44.6 Å². The van der Waals surface area contributed by atoms with Crippen LogP contribution in [0.15, 0.2) is 78.4 Å². The molecule has 0 aromatic heterocycles. The van der Waals surface area contributed by atoms with Crippen LogP contribution in [-0.2, 0) is 27.1 Å². The van der Waals surface area contributed by atoms with E-state index in [9.17, 15) is 27.9 Å². The van der Waals surface area contributed by atoms with E-state index in [4.69, 9.17) is 9.47 Å². The third-order valence-electron chi connectivity index (χ3n) is 7.25. The smallest absolute Gasteiger partial charge is 0.416 e. The summed E-state index contributed by atoms with van der Waals surface area (Å²) in [6.07, 6.45) is -3.63. The highest BCUT2D eigenvalue weighted by atomic mass is 19.4. The van der Waals surface area contributed by atoms with Gasteiger partial charge in [-0.1, -0.05) is 54.1 Å². The Kier molecular flexibility index (Phi) is 7.67. The molecule has 3 aromatic carbocycles. The Bertz CT molecular complexity index is 1430. The molecule has 0 bridgehead atoms. The van der Waals surface area contributed by atoms with Crippen LogP contribution in [0, 0.1) is 6.92 Å². The summed E-state index contributed by atoms with van der Waals surface area (Å²) in [5, 5.41) is 11.6. The number of halogens is 3. The molecule has 0 radical (unpaired) electrons. The number of nitrogens with zero attached hydrogens (tertiary/aromatic N) is 1. The molecule has 0 saturated carbocycles. The van der Waals surface area contributed by atoms with Crippen LogP contribution in [0.5, 0.6) is 5.75 Å². The minimum absolute atomic E-state index is 0.189. The number of hydrogen-bond acceptors (Lipinski definition) is 5. The fourth-order valence-corrected chi connectivity index (χ4v) is 5.21. The van der Waals surface area contributed by atoms with E-state index in [0.717, 1.165) is 23.3 Å². The van der Waals surface area contributed by atoms with Crippen LogP contribution in [0.4, 0.5) is 13.2 Å². The summed E-state index contributed by atoms with van der Waals surface area (Å²) in [5.74, 6) is -1.85. The highest BCUT2D eigenvalue weighted by molar-refractivity contribution is 6.46. The van der Waals surface area contributed by atoms with Crippen molar-refractivity contribution in [1.82, 2.24) is 4.90 Å². The summed E-state index contributed by atoms with van der Waals surface area (Å²) >= 11 is 0. The van der Waals surface area contributed by atoms with Gasteiger partial charge in [-0.05, 0) is 55.2 Å². The molecular weight excluding hydrogens is 523 g/mol. The summed E-state index contributed by atoms with van der Waals surface area (Å²) in [7, 11) is 0. The Morgan fingerprint density at radius 3 is 2.33 bits per heavy atom. The maximum Gasteiger partial charge on any atom is 0.416 e. The average molecular weight is 552 g/mol. The number of hydrogen-bond donors (Lipinski definition) is 1. The first-order chi connectivity index (χ1) is 19.1. The molecule has 6 nitrogen and oxygen atoms in total. The van der Waals surface area contributed by atoms with E-state index >= 15 is 0 Å². The van der Waals surface area contributed by atoms with Crippen molar-refractivity contribution in [3.05, 3.63) is 106 Å². The Morgan fingerprint density at radius 2 is 1.68 bits per heavy atom. The summed E-state index contributed by atoms with van der Waals surface area (Å²) in [4.78, 5) is 28.3. The van der Waals surface area contributed by atoms with E-state index < -0.39 is 35.2 Å². The fraction of sp³-hybridized carbons (Fsp3) is 0.290. The molecule has 1 atom stereocenters. The van der Waals surface area contributed by atoms with Gasteiger partial charge in [0.1, 0.15) is 18.1 Å². The number of carbonyl (C=O) groups is 2. The molecule has 40 heavy (non-hydrogen) atoms. The first-order valence-electron chi connectivity index (χ1n) is 13.0. The summed E-state index contributed by atoms with van der Waals surface area (Å²) < 4.78 is 51.3. The molecule has 208 valence electrons. The quantitative estimate of drug-likeness (QED) is 0.225. The molecule has 3 aromatic rings. The molecule has 0 spiro atoms. The number of Topliss-reactive ketones (excluding diaryl/α,β-unsaturated/α-hetero) is 1. The lowest BCUT2D eigenvalue weighted by Gasteiger charge is -2.35. The number of aliphatic hydroxyl groups is 1. The third-order valence-corrected chi connectivity index (χ3v) is 7.25. The van der Waals surface area contributed by atoms with E-state index in [-0.39, 0.29) is 23.8 Å². The molecule has 1 amide bonds. The normalized spacial score (nSPS) is 19.7. The minimum Gasteiger partial charge on any atom is -0.507 e. The van der Waals surface area contributed by atoms with Crippen molar-refractivity contribution >= 4 is 17.4 Å². The van der Waals surface area contributed by atoms with Gasteiger partial charge < -0.3 is 19.5 Å². The molecule has 1 N–H and O–H groups in total. The SMILES string of the molecule is Cc1ccc(OCc2ccccc2)c(C(O)=C2C(=O)C(=O)N(C3CCOCC3)C2c2ccc(C(F)(F)F)cc2)c1. The van der Waals surface area contributed by atoms with Gasteiger partial charge in [0.25, 0.3) is 11.7 Å². The number of aryl methyl sites for hydroxylation is 1. The molecule has 5 rings (SSSR count). The number of rotatable bonds is 6. The zero-order chi connectivity index (χ0) is 28.4. The van der Waals surface area contributed by atoms with Crippen molar-refractivity contribution in [3.8, 4) is 5.75 Å². The Hall–Kier alpha value is -4.11. The molecule has 2 fully saturated rings. The first-order valence-corrected chi connectivity index (χ1v) is 13.0. The number of ether oxygens (including phenoxy) is 2. The number of benzene rings is 3. The van der Waals surface area contributed by atoms with Crippen LogP contribution < -0.4 is 4.74 Å². The first kappa shape index (κ1) is 27.5. The third kappa shape index (κ3) is 5.47. The van der Waals surface area contributed by atoms with Crippen LogP contribution in [-0.4, -0.2) is 41.0 Å². The van der Waals surface area contributed by atoms with Gasteiger partial charge in [-0.3, -0.25) is 9.59 Å². The number of likely N-dealkylation sites (tertiary alicyclic amines) is 1. The van der Waals surface area contributed by atoms with Crippen molar-refractivity contribution in [2.24, 2.45) is 0 Å². The van der Waals surface area contributed by atoms with Crippen molar-refractivity contribution in [1.29, 1.82) is 0 Å². The molecule has 2 aliphatic rings. The Balaban J connectivity index is 1.61. The average Bonchev–Trinajstić information content (AvgIpc) is 3.22. The topological polar surface area (TPSA) is 76.1 Å². The highest BCUT2D eigenvalue weighted by Gasteiger charge is 2.49. The largest absolute Gasteiger partial charge is 0.507 e. The zero-order valence-corrected chi connectivity index (χ0v) is 21.8. The van der Waals surface area contributed by atoms with Crippen LogP contribution in [0.3, 0.4) is 0 Å². The summed E-state index contributed by atoms with van der Waals surface area (Å²) in [6.45, 7) is 2.76. The predicted octanol–water partition coefficient (Wildman–Crippen LogP) is 6.19. The lowest BCUT2D eigenvalue weighted by atomic mass is 9.93. The highest BCUT2D eigenvalue weighted by Crippen LogP contribution is 2.44. The Morgan fingerprint density at radius 1 is 1.00 bits per heavy atom. The number of carbonyl (C=O) groups excluding carboxylic acids is 2. The van der Waals surface area contributed by atoms with E-state index in [1.54, 1.807) is 18.2 Å². The monoisotopic (exact) mass is 551 g/mol. The van der Waals surface area contributed by atoms with Gasteiger partial charge in [0, 0.05) is 19.3 Å². The summed E-state index contributed by atoms with van der Waals surface area (Å²) in [5.41, 5.74) is 1.14. The van der Waals surface area contributed by atoms with Crippen LogP contribution in [0.1, 0.15) is 46.7 Å². The van der Waals surface area contributed by atoms with Crippen LogP contribution in [0.2, 0.25) is 0 Å². The molecular formula is C31H28F3NO5. The number of ketones is 1. The fourth-order valence-electron chi connectivity index (χ4n) is 5.21. The van der Waals surface area contributed by atoms with Gasteiger partial charge in [0.2, 0.25) is 0 Å². The number of aliphatic hydroxyl groups excluding tert-OH is 1. The van der Waals surface area contributed by atoms with Gasteiger partial charge in [0.05, 0.1) is 22.7 Å². The summed E-state index contributed by atoms with van der Waals surface area (Å²) in [6, 6.07) is 17.4. The molecule has 0 aliphatic carbocycles. The van der Waals surface area contributed by atoms with Crippen molar-refractivity contribution in [2.75, 3.05) is 13.2 Å². The van der Waals surface area contributed by atoms with Gasteiger partial charge in [-0.25, -0.2) is 0 Å². The minimum atomic E-state index is -4.55. The van der Waals surface area contributed by atoms with Gasteiger partial charge in [0.15, 0.2) is 0 Å². The molecule has 2 saturated heterocycles. The predicted molar refractivity (Wildman–Crippen MR) is 141 cm³/mol.